The molecular formula is C24H25N7O. The second-order valence-corrected chi connectivity index (χ2v) is 7.71. The van der Waals surface area contributed by atoms with Crippen LogP contribution in [-0.4, -0.2) is 40.9 Å². The number of fused-ring (bicyclic) bond motifs is 1. The van der Waals surface area contributed by atoms with E-state index >= 15 is 0 Å². The van der Waals surface area contributed by atoms with E-state index in [0.29, 0.717) is 24.9 Å². The van der Waals surface area contributed by atoms with Gasteiger partial charge in [0.25, 0.3) is 0 Å². The maximum absolute atomic E-state index is 5.93. The molecule has 2 aromatic carbocycles. The Morgan fingerprint density at radius 3 is 2.88 bits per heavy atom. The second kappa shape index (κ2) is 9.17. The lowest BCUT2D eigenvalue weighted by Gasteiger charge is -2.25. The molecule has 1 atom stereocenters. The van der Waals surface area contributed by atoms with Gasteiger partial charge >= 0.3 is 0 Å². The Hall–Kier alpha value is -3.75. The molecule has 0 bridgehead atoms. The maximum atomic E-state index is 5.93. The standard InChI is InChI=1S/C24H25N7O/c1-16-6-8-18(9-7-16)29-24-27-14-20(22-15-25-10-11-32-22)23(30-24)31-28-13-17-12-26-21-5-3-2-4-19(17)21/h2-9,12-14,22,25-26H,10-11,15H2,1H3,(H2,27,29,30,31). The van der Waals surface area contributed by atoms with Crippen LogP contribution >= 0.6 is 0 Å². The van der Waals surface area contributed by atoms with Crippen molar-refractivity contribution in [3.8, 4) is 0 Å². The molecule has 1 saturated heterocycles. The van der Waals surface area contributed by atoms with Crippen LogP contribution in [0.4, 0.5) is 17.5 Å². The van der Waals surface area contributed by atoms with Crippen LogP contribution in [-0.2, 0) is 4.74 Å². The third kappa shape index (κ3) is 4.46. The molecule has 2 aromatic heterocycles. The molecule has 1 unspecified atom stereocenters. The lowest BCUT2D eigenvalue weighted by atomic mass is 10.1. The molecule has 32 heavy (non-hydrogen) atoms. The van der Waals surface area contributed by atoms with E-state index in [1.807, 2.05) is 48.7 Å². The summed E-state index contributed by atoms with van der Waals surface area (Å²) in [5.74, 6) is 1.10. The molecule has 5 rings (SSSR count). The van der Waals surface area contributed by atoms with Gasteiger partial charge in [-0.15, -0.1) is 0 Å². The number of nitrogens with zero attached hydrogens (tertiary/aromatic N) is 3. The Morgan fingerprint density at radius 1 is 1.16 bits per heavy atom. The van der Waals surface area contributed by atoms with Crippen molar-refractivity contribution in [1.82, 2.24) is 20.3 Å². The van der Waals surface area contributed by atoms with Gasteiger partial charge in [0.2, 0.25) is 5.95 Å². The van der Waals surface area contributed by atoms with Crippen molar-refractivity contribution < 1.29 is 4.74 Å². The Labute approximate surface area is 186 Å². The van der Waals surface area contributed by atoms with Gasteiger partial charge in [0.1, 0.15) is 6.10 Å². The molecule has 3 heterocycles. The highest BCUT2D eigenvalue weighted by molar-refractivity contribution is 5.99. The van der Waals surface area contributed by atoms with E-state index in [9.17, 15) is 0 Å². The first kappa shape index (κ1) is 20.2. The number of anilines is 3. The second-order valence-electron chi connectivity index (χ2n) is 7.71. The van der Waals surface area contributed by atoms with E-state index in [-0.39, 0.29) is 6.10 Å². The van der Waals surface area contributed by atoms with Crippen LogP contribution < -0.4 is 16.1 Å². The van der Waals surface area contributed by atoms with Crippen LogP contribution in [0.5, 0.6) is 0 Å². The minimum Gasteiger partial charge on any atom is -0.371 e. The number of para-hydroxylation sites is 1. The van der Waals surface area contributed by atoms with Crippen molar-refractivity contribution in [2.75, 3.05) is 30.4 Å². The highest BCUT2D eigenvalue weighted by atomic mass is 16.5. The van der Waals surface area contributed by atoms with E-state index in [2.05, 4.69) is 49.1 Å². The third-order valence-corrected chi connectivity index (χ3v) is 5.39. The molecule has 8 nitrogen and oxygen atoms in total. The summed E-state index contributed by atoms with van der Waals surface area (Å²) in [4.78, 5) is 12.4. The SMILES string of the molecule is Cc1ccc(Nc2ncc(C3CNCCO3)c(NN=Cc3c[nH]c4ccccc34)n2)cc1. The number of aryl methyl sites for hydroxylation is 1. The lowest BCUT2D eigenvalue weighted by Crippen LogP contribution is -2.33. The average Bonchev–Trinajstić information content (AvgIpc) is 3.25. The Kier molecular flexibility index (Phi) is 5.78. The first-order valence-corrected chi connectivity index (χ1v) is 10.6. The zero-order valence-electron chi connectivity index (χ0n) is 17.8. The summed E-state index contributed by atoms with van der Waals surface area (Å²) in [6.45, 7) is 4.24. The summed E-state index contributed by atoms with van der Waals surface area (Å²) in [5.41, 5.74) is 8.16. The number of morpholine rings is 1. The number of ether oxygens (including phenoxy) is 1. The molecule has 0 saturated carbocycles. The number of aromatic amines is 1. The zero-order chi connectivity index (χ0) is 21.8. The number of aromatic nitrogens is 3. The largest absolute Gasteiger partial charge is 0.371 e. The van der Waals surface area contributed by atoms with Crippen molar-refractivity contribution >= 4 is 34.6 Å². The number of rotatable bonds is 6. The highest BCUT2D eigenvalue weighted by Crippen LogP contribution is 2.26. The van der Waals surface area contributed by atoms with Gasteiger partial charge in [0, 0.05) is 53.2 Å². The van der Waals surface area contributed by atoms with Crippen LogP contribution in [0.1, 0.15) is 22.8 Å². The summed E-state index contributed by atoms with van der Waals surface area (Å²) >= 11 is 0. The van der Waals surface area contributed by atoms with E-state index in [0.717, 1.165) is 34.3 Å². The maximum Gasteiger partial charge on any atom is 0.229 e. The van der Waals surface area contributed by atoms with Crippen molar-refractivity contribution in [2.24, 2.45) is 5.10 Å². The number of hydrazone groups is 1. The van der Waals surface area contributed by atoms with Crippen molar-refractivity contribution in [3.05, 3.63) is 77.6 Å². The molecule has 1 fully saturated rings. The molecule has 1 aliphatic rings. The Bertz CT molecular complexity index is 1230. The zero-order valence-corrected chi connectivity index (χ0v) is 17.8. The molecule has 0 radical (unpaired) electrons. The molecular weight excluding hydrogens is 402 g/mol. The summed E-state index contributed by atoms with van der Waals surface area (Å²) in [6.07, 6.45) is 5.39. The lowest BCUT2D eigenvalue weighted by molar-refractivity contribution is 0.0277. The Morgan fingerprint density at radius 2 is 2.03 bits per heavy atom. The fraction of sp³-hybridized carbons (Fsp3) is 0.208. The molecule has 0 aliphatic carbocycles. The number of H-pyrrole nitrogens is 1. The number of benzene rings is 2. The fourth-order valence-electron chi connectivity index (χ4n) is 3.67. The smallest absolute Gasteiger partial charge is 0.229 e. The summed E-state index contributed by atoms with van der Waals surface area (Å²) < 4.78 is 5.93. The topological polar surface area (TPSA) is 99.3 Å². The van der Waals surface area contributed by atoms with Gasteiger partial charge in [-0.1, -0.05) is 35.9 Å². The first-order chi connectivity index (χ1) is 15.8. The molecule has 4 N–H and O–H groups in total. The van der Waals surface area contributed by atoms with Gasteiger partial charge in [0.05, 0.1) is 12.8 Å². The molecule has 4 aromatic rings. The molecule has 8 heteroatoms. The number of hydrogen-bond acceptors (Lipinski definition) is 7. The van der Waals surface area contributed by atoms with Crippen molar-refractivity contribution in [2.45, 2.75) is 13.0 Å². The summed E-state index contributed by atoms with van der Waals surface area (Å²) in [5, 5.41) is 12.2. The van der Waals surface area contributed by atoms with Crippen LogP contribution in [0, 0.1) is 6.92 Å². The van der Waals surface area contributed by atoms with E-state index in [1.54, 1.807) is 12.4 Å². The van der Waals surface area contributed by atoms with E-state index in [1.165, 1.54) is 5.56 Å². The van der Waals surface area contributed by atoms with Crippen LogP contribution in [0.25, 0.3) is 10.9 Å². The molecule has 162 valence electrons. The van der Waals surface area contributed by atoms with E-state index in [4.69, 9.17) is 4.74 Å². The quantitative estimate of drug-likeness (QED) is 0.273. The van der Waals surface area contributed by atoms with Gasteiger partial charge in [-0.2, -0.15) is 10.1 Å². The predicted octanol–water partition coefficient (Wildman–Crippen LogP) is 4.12. The first-order valence-electron chi connectivity index (χ1n) is 10.6. The summed E-state index contributed by atoms with van der Waals surface area (Å²) in [7, 11) is 0. The van der Waals surface area contributed by atoms with Gasteiger partial charge in [-0.3, -0.25) is 5.43 Å². The van der Waals surface area contributed by atoms with Crippen molar-refractivity contribution in [3.63, 3.8) is 0 Å². The predicted molar refractivity (Wildman–Crippen MR) is 128 cm³/mol. The fourth-order valence-corrected chi connectivity index (χ4v) is 3.67. The average molecular weight is 428 g/mol. The van der Waals surface area contributed by atoms with Gasteiger partial charge in [0.15, 0.2) is 5.82 Å². The minimum atomic E-state index is -0.136. The van der Waals surface area contributed by atoms with Gasteiger partial charge < -0.3 is 20.4 Å². The van der Waals surface area contributed by atoms with Crippen LogP contribution in [0.15, 0.2) is 66.0 Å². The number of hydrogen-bond donors (Lipinski definition) is 4. The van der Waals surface area contributed by atoms with E-state index < -0.39 is 0 Å². The van der Waals surface area contributed by atoms with Crippen LogP contribution in [0.2, 0.25) is 0 Å². The molecule has 0 amide bonds. The highest BCUT2D eigenvalue weighted by Gasteiger charge is 2.21. The minimum absolute atomic E-state index is 0.136. The number of nitrogens with one attached hydrogen (secondary N) is 4. The normalized spacial score (nSPS) is 16.5. The van der Waals surface area contributed by atoms with Crippen LogP contribution in [0.3, 0.4) is 0 Å². The summed E-state index contributed by atoms with van der Waals surface area (Å²) in [6, 6.07) is 16.2. The third-order valence-electron chi connectivity index (χ3n) is 5.39. The van der Waals surface area contributed by atoms with Crippen molar-refractivity contribution in [1.29, 1.82) is 0 Å². The van der Waals surface area contributed by atoms with Gasteiger partial charge in [-0.05, 0) is 25.1 Å². The van der Waals surface area contributed by atoms with Gasteiger partial charge in [-0.25, -0.2) is 4.98 Å². The molecule has 1 aliphatic heterocycles. The monoisotopic (exact) mass is 427 g/mol. The molecule has 0 spiro atoms. The Balaban J connectivity index is 1.41.